The molecule has 2 saturated carbocycles. The van der Waals surface area contributed by atoms with E-state index in [2.05, 4.69) is 31.2 Å². The molecule has 1 aromatic rings. The number of hydrogen-bond acceptors (Lipinski definition) is 2. The van der Waals surface area contributed by atoms with Crippen LogP contribution in [0.1, 0.15) is 94.6 Å². The highest BCUT2D eigenvalue weighted by molar-refractivity contribution is 5.26. The quantitative estimate of drug-likeness (QED) is 0.363. The molecule has 0 spiro atoms. The number of hydrogen-bond donors (Lipinski definition) is 0. The Bertz CT molecular complexity index is 718. The zero-order valence-corrected chi connectivity index (χ0v) is 20.3. The van der Waals surface area contributed by atoms with Gasteiger partial charge in [0, 0.05) is 12.0 Å². The molecule has 0 N–H and O–H groups in total. The predicted molar refractivity (Wildman–Crippen MR) is 129 cm³/mol. The molecule has 0 bridgehead atoms. The fourth-order valence-corrected chi connectivity index (χ4v) is 6.55. The molecule has 1 saturated heterocycles. The van der Waals surface area contributed by atoms with Crippen LogP contribution in [-0.2, 0) is 15.9 Å². The summed E-state index contributed by atoms with van der Waals surface area (Å²) in [6, 6.07) is 9.52. The summed E-state index contributed by atoms with van der Waals surface area (Å²) in [6.07, 6.45) is 13.8. The van der Waals surface area contributed by atoms with Gasteiger partial charge >= 0.3 is 0 Å². The molecule has 33 heavy (non-hydrogen) atoms. The zero-order valence-electron chi connectivity index (χ0n) is 20.3. The number of rotatable bonds is 8. The van der Waals surface area contributed by atoms with Gasteiger partial charge in [-0.1, -0.05) is 44.0 Å². The molecule has 0 radical (unpaired) electrons. The molecule has 0 atom stereocenters. The van der Waals surface area contributed by atoms with Crippen LogP contribution in [0.25, 0.3) is 0 Å². The fraction of sp³-hybridized carbons (Fsp3) is 0.724. The van der Waals surface area contributed by atoms with E-state index < -0.39 is 12.4 Å². The fourth-order valence-electron chi connectivity index (χ4n) is 6.55. The van der Waals surface area contributed by atoms with Crippen LogP contribution in [0.2, 0.25) is 0 Å². The summed E-state index contributed by atoms with van der Waals surface area (Å²) in [5.74, 6) is 3.48. The van der Waals surface area contributed by atoms with Crippen LogP contribution in [0.5, 0.6) is 0 Å². The summed E-state index contributed by atoms with van der Waals surface area (Å²) in [7, 11) is 0. The van der Waals surface area contributed by atoms with Crippen LogP contribution in [0.15, 0.2) is 36.4 Å². The lowest BCUT2D eigenvalue weighted by Crippen LogP contribution is -2.37. The molecular formula is C29H42F2O2. The average Bonchev–Trinajstić information content (AvgIpc) is 2.85. The number of ether oxygens (including phenoxy) is 2. The maximum Gasteiger partial charge on any atom is 0.271 e. The topological polar surface area (TPSA) is 18.5 Å². The first-order valence-corrected chi connectivity index (χ1v) is 13.5. The molecule has 3 aliphatic rings. The minimum Gasteiger partial charge on any atom is -0.348 e. The van der Waals surface area contributed by atoms with Gasteiger partial charge in [0.15, 0.2) is 6.29 Å². The minimum absolute atomic E-state index is 0.360. The largest absolute Gasteiger partial charge is 0.348 e. The Kier molecular flexibility index (Phi) is 9.37. The van der Waals surface area contributed by atoms with Gasteiger partial charge in [-0.25, -0.2) is 0 Å². The molecule has 3 fully saturated rings. The van der Waals surface area contributed by atoms with Crippen LogP contribution < -0.4 is 0 Å². The summed E-state index contributed by atoms with van der Waals surface area (Å²) < 4.78 is 35.8. The van der Waals surface area contributed by atoms with E-state index in [0.29, 0.717) is 25.0 Å². The predicted octanol–water partition coefficient (Wildman–Crippen LogP) is 8.27. The third-order valence-electron chi connectivity index (χ3n) is 8.65. The molecule has 2 aliphatic carbocycles. The van der Waals surface area contributed by atoms with Crippen molar-refractivity contribution >= 4 is 0 Å². The Morgan fingerprint density at radius 3 is 1.88 bits per heavy atom. The second-order valence-corrected chi connectivity index (χ2v) is 10.7. The van der Waals surface area contributed by atoms with Crippen molar-refractivity contribution in [2.24, 2.45) is 23.7 Å². The van der Waals surface area contributed by atoms with Crippen LogP contribution in [0, 0.1) is 23.7 Å². The van der Waals surface area contributed by atoms with Gasteiger partial charge in [-0.15, -0.1) is 0 Å². The minimum atomic E-state index is -1.73. The number of halogens is 2. The lowest BCUT2D eigenvalue weighted by atomic mass is 9.67. The van der Waals surface area contributed by atoms with Gasteiger partial charge in [0.2, 0.25) is 0 Å². The van der Waals surface area contributed by atoms with Crippen LogP contribution >= 0.6 is 0 Å². The first kappa shape index (κ1) is 24.9. The van der Waals surface area contributed by atoms with Crippen LogP contribution in [-0.4, -0.2) is 19.5 Å². The third kappa shape index (κ3) is 7.11. The standard InChI is InChI=1S/C29H42F2O2/c1-2-3-4-5-21-6-8-22(9-7-21)23-10-12-24(13-11-23)25-14-16-26(17-15-25)27-19-32-29(33-20-27)18-28(30)31/h6-9,18,23-27,29H,2-5,10-17,19-20H2,1H3. The molecule has 0 aromatic heterocycles. The van der Waals surface area contributed by atoms with E-state index >= 15 is 0 Å². The van der Waals surface area contributed by atoms with E-state index in [1.165, 1.54) is 82.6 Å². The molecule has 1 aliphatic heterocycles. The van der Waals surface area contributed by atoms with Gasteiger partial charge in [0.25, 0.3) is 6.08 Å². The van der Waals surface area contributed by atoms with Gasteiger partial charge in [0.05, 0.1) is 13.2 Å². The Morgan fingerprint density at radius 1 is 0.788 bits per heavy atom. The van der Waals surface area contributed by atoms with Gasteiger partial charge in [-0.05, 0) is 99.0 Å². The Hall–Kier alpha value is -1.26. The second kappa shape index (κ2) is 12.4. The molecule has 1 aromatic carbocycles. The summed E-state index contributed by atoms with van der Waals surface area (Å²) in [5.41, 5.74) is 3.04. The lowest BCUT2D eigenvalue weighted by molar-refractivity contribution is -0.187. The SMILES string of the molecule is CCCCCc1ccc(C2CCC(C3CCC(C4COC(C=C(F)F)OC4)CC3)CC2)cc1. The van der Waals surface area contributed by atoms with Crippen LogP contribution in [0.3, 0.4) is 0 Å². The Labute approximate surface area is 199 Å². The smallest absolute Gasteiger partial charge is 0.271 e. The van der Waals surface area contributed by atoms with Crippen molar-refractivity contribution in [3.05, 3.63) is 47.5 Å². The monoisotopic (exact) mass is 460 g/mol. The Morgan fingerprint density at radius 2 is 1.33 bits per heavy atom. The first-order chi connectivity index (χ1) is 16.1. The molecular weight excluding hydrogens is 418 g/mol. The van der Waals surface area contributed by atoms with Crippen molar-refractivity contribution in [2.45, 2.75) is 96.2 Å². The van der Waals surface area contributed by atoms with E-state index in [1.54, 1.807) is 5.56 Å². The third-order valence-corrected chi connectivity index (χ3v) is 8.65. The molecule has 0 amide bonds. The highest BCUT2D eigenvalue weighted by Gasteiger charge is 2.35. The van der Waals surface area contributed by atoms with Gasteiger partial charge in [-0.2, -0.15) is 8.78 Å². The van der Waals surface area contributed by atoms with Gasteiger partial charge in [-0.3, -0.25) is 0 Å². The highest BCUT2D eigenvalue weighted by atomic mass is 19.3. The molecule has 2 nitrogen and oxygen atoms in total. The maximum atomic E-state index is 12.4. The molecule has 184 valence electrons. The summed E-state index contributed by atoms with van der Waals surface area (Å²) in [6.45, 7) is 3.36. The molecule has 0 unspecified atom stereocenters. The molecule has 4 heteroatoms. The number of benzene rings is 1. The van der Waals surface area contributed by atoms with Gasteiger partial charge < -0.3 is 9.47 Å². The summed E-state index contributed by atoms with van der Waals surface area (Å²) in [5, 5.41) is 0. The van der Waals surface area contributed by atoms with E-state index in [1.807, 2.05) is 0 Å². The van der Waals surface area contributed by atoms with E-state index in [4.69, 9.17) is 9.47 Å². The maximum absolute atomic E-state index is 12.4. The van der Waals surface area contributed by atoms with E-state index in [9.17, 15) is 8.78 Å². The van der Waals surface area contributed by atoms with Crippen molar-refractivity contribution in [3.8, 4) is 0 Å². The summed E-state index contributed by atoms with van der Waals surface area (Å²) in [4.78, 5) is 0. The lowest BCUT2D eigenvalue weighted by Gasteiger charge is -2.41. The number of unbranched alkanes of at least 4 members (excludes halogenated alkanes) is 2. The highest BCUT2D eigenvalue weighted by Crippen LogP contribution is 2.45. The van der Waals surface area contributed by atoms with Crippen molar-refractivity contribution in [3.63, 3.8) is 0 Å². The normalized spacial score (nSPS) is 32.9. The first-order valence-electron chi connectivity index (χ1n) is 13.5. The van der Waals surface area contributed by atoms with Gasteiger partial charge in [0.1, 0.15) is 0 Å². The molecule has 1 heterocycles. The number of aryl methyl sites for hydroxylation is 1. The zero-order chi connectivity index (χ0) is 23.0. The van der Waals surface area contributed by atoms with E-state index in [0.717, 1.165) is 23.8 Å². The second-order valence-electron chi connectivity index (χ2n) is 10.7. The van der Waals surface area contributed by atoms with Crippen LogP contribution in [0.4, 0.5) is 8.78 Å². The molecule has 4 rings (SSSR count). The average molecular weight is 461 g/mol. The van der Waals surface area contributed by atoms with Crippen molar-refractivity contribution < 1.29 is 18.3 Å². The van der Waals surface area contributed by atoms with E-state index in [-0.39, 0.29) is 0 Å². The van der Waals surface area contributed by atoms with Crippen molar-refractivity contribution in [1.29, 1.82) is 0 Å². The summed E-state index contributed by atoms with van der Waals surface area (Å²) >= 11 is 0. The van der Waals surface area contributed by atoms with Crippen molar-refractivity contribution in [2.75, 3.05) is 13.2 Å². The Balaban J connectivity index is 1.17. The van der Waals surface area contributed by atoms with Crippen molar-refractivity contribution in [1.82, 2.24) is 0 Å².